The van der Waals surface area contributed by atoms with E-state index in [1.54, 1.807) is 12.1 Å². The first kappa shape index (κ1) is 13.8. The van der Waals surface area contributed by atoms with Gasteiger partial charge in [0.15, 0.2) is 0 Å². The molecule has 1 heterocycles. The van der Waals surface area contributed by atoms with E-state index in [-0.39, 0.29) is 5.82 Å². The summed E-state index contributed by atoms with van der Waals surface area (Å²) in [7, 11) is 2.16. The Morgan fingerprint density at radius 3 is 2.80 bits per heavy atom. The maximum Gasteiger partial charge on any atom is 0.123 e. The van der Waals surface area contributed by atoms with Crippen LogP contribution < -0.4 is 10.2 Å². The first-order valence-electron chi connectivity index (χ1n) is 7.60. The summed E-state index contributed by atoms with van der Waals surface area (Å²) in [5, 5.41) is 3.50. The molecule has 3 nitrogen and oxygen atoms in total. The van der Waals surface area contributed by atoms with Crippen molar-refractivity contribution in [1.29, 1.82) is 0 Å². The molecule has 3 rings (SSSR count). The minimum atomic E-state index is -0.136. The molecule has 1 aliphatic heterocycles. The zero-order valence-electron chi connectivity index (χ0n) is 12.4. The highest BCUT2D eigenvalue weighted by molar-refractivity contribution is 5.55. The molecule has 1 N–H and O–H groups in total. The Kier molecular flexibility index (Phi) is 3.94. The summed E-state index contributed by atoms with van der Waals surface area (Å²) >= 11 is 0. The van der Waals surface area contributed by atoms with Gasteiger partial charge in [0.2, 0.25) is 0 Å². The van der Waals surface area contributed by atoms with Crippen molar-refractivity contribution >= 4 is 5.69 Å². The molecule has 0 aromatic heterocycles. The number of nitrogens with one attached hydrogen (secondary N) is 1. The molecule has 0 amide bonds. The summed E-state index contributed by atoms with van der Waals surface area (Å²) in [4.78, 5) is 4.77. The van der Waals surface area contributed by atoms with Crippen LogP contribution in [-0.4, -0.2) is 43.7 Å². The van der Waals surface area contributed by atoms with Crippen LogP contribution in [0.3, 0.4) is 0 Å². The highest BCUT2D eigenvalue weighted by Gasteiger charge is 2.25. The molecule has 0 spiro atoms. The monoisotopic (exact) mass is 277 g/mol. The molecular weight excluding hydrogens is 253 g/mol. The van der Waals surface area contributed by atoms with Gasteiger partial charge in [0.25, 0.3) is 0 Å². The maximum atomic E-state index is 13.6. The minimum absolute atomic E-state index is 0.136. The third-order valence-electron chi connectivity index (χ3n) is 4.34. The third kappa shape index (κ3) is 3.13. The van der Waals surface area contributed by atoms with Gasteiger partial charge in [0.1, 0.15) is 5.82 Å². The molecular formula is C16H24FN3. The first-order valence-corrected chi connectivity index (χ1v) is 7.60. The van der Waals surface area contributed by atoms with Crippen LogP contribution in [-0.2, 0) is 6.54 Å². The van der Waals surface area contributed by atoms with E-state index < -0.39 is 0 Å². The first-order chi connectivity index (χ1) is 9.63. The fourth-order valence-electron chi connectivity index (χ4n) is 3.02. The molecule has 1 unspecified atom stereocenters. The van der Waals surface area contributed by atoms with Crippen molar-refractivity contribution in [2.45, 2.75) is 38.4 Å². The largest absolute Gasteiger partial charge is 0.366 e. The number of piperazine rings is 1. The lowest BCUT2D eigenvalue weighted by Crippen LogP contribution is -2.50. The van der Waals surface area contributed by atoms with Crippen LogP contribution in [0.5, 0.6) is 0 Å². The van der Waals surface area contributed by atoms with Crippen LogP contribution in [0.4, 0.5) is 10.1 Å². The number of rotatable bonds is 4. The second-order valence-corrected chi connectivity index (χ2v) is 6.23. The lowest BCUT2D eigenvalue weighted by Gasteiger charge is -2.40. The summed E-state index contributed by atoms with van der Waals surface area (Å²) < 4.78 is 13.6. The molecule has 1 saturated heterocycles. The van der Waals surface area contributed by atoms with E-state index in [9.17, 15) is 4.39 Å². The van der Waals surface area contributed by atoms with Crippen molar-refractivity contribution < 1.29 is 4.39 Å². The van der Waals surface area contributed by atoms with Gasteiger partial charge in [-0.05, 0) is 50.6 Å². The Morgan fingerprint density at radius 1 is 1.30 bits per heavy atom. The summed E-state index contributed by atoms with van der Waals surface area (Å²) in [6, 6.07) is 6.34. The van der Waals surface area contributed by atoms with Gasteiger partial charge in [0.05, 0.1) is 0 Å². The SMILES string of the molecule is CC1CN(C)CCN1c1ccc(F)cc1CNC1CC1. The van der Waals surface area contributed by atoms with Crippen molar-refractivity contribution in [3.05, 3.63) is 29.6 Å². The smallest absolute Gasteiger partial charge is 0.123 e. The van der Waals surface area contributed by atoms with E-state index in [1.165, 1.54) is 18.5 Å². The van der Waals surface area contributed by atoms with Gasteiger partial charge in [-0.3, -0.25) is 0 Å². The van der Waals surface area contributed by atoms with Crippen molar-refractivity contribution in [1.82, 2.24) is 10.2 Å². The van der Waals surface area contributed by atoms with E-state index in [0.717, 1.165) is 31.7 Å². The average molecular weight is 277 g/mol. The number of anilines is 1. The van der Waals surface area contributed by atoms with Crippen LogP contribution in [0, 0.1) is 5.82 Å². The molecule has 2 aliphatic rings. The predicted molar refractivity (Wildman–Crippen MR) is 80.6 cm³/mol. The van der Waals surface area contributed by atoms with Crippen LogP contribution in [0.2, 0.25) is 0 Å². The summed E-state index contributed by atoms with van der Waals surface area (Å²) in [5.74, 6) is -0.136. The zero-order valence-corrected chi connectivity index (χ0v) is 12.4. The van der Waals surface area contributed by atoms with E-state index in [0.29, 0.717) is 12.1 Å². The molecule has 2 fully saturated rings. The topological polar surface area (TPSA) is 18.5 Å². The molecule has 1 saturated carbocycles. The molecule has 1 aromatic carbocycles. The number of benzene rings is 1. The van der Waals surface area contributed by atoms with Gasteiger partial charge in [-0.1, -0.05) is 0 Å². The molecule has 1 aromatic rings. The second-order valence-electron chi connectivity index (χ2n) is 6.23. The molecule has 0 radical (unpaired) electrons. The van der Waals surface area contributed by atoms with E-state index in [4.69, 9.17) is 0 Å². The lowest BCUT2D eigenvalue weighted by atomic mass is 10.1. The zero-order chi connectivity index (χ0) is 14.1. The van der Waals surface area contributed by atoms with Gasteiger partial charge in [0, 0.05) is 44.0 Å². The van der Waals surface area contributed by atoms with E-state index in [1.807, 2.05) is 6.07 Å². The predicted octanol–water partition coefficient (Wildman–Crippen LogP) is 2.22. The summed E-state index contributed by atoms with van der Waals surface area (Å²) in [6.45, 7) is 6.16. The molecule has 20 heavy (non-hydrogen) atoms. The van der Waals surface area contributed by atoms with Crippen molar-refractivity contribution in [2.24, 2.45) is 0 Å². The Hall–Kier alpha value is -1.13. The van der Waals surface area contributed by atoms with Crippen molar-refractivity contribution in [3.63, 3.8) is 0 Å². The van der Waals surface area contributed by atoms with Crippen LogP contribution in [0.25, 0.3) is 0 Å². The maximum absolute atomic E-state index is 13.6. The van der Waals surface area contributed by atoms with E-state index in [2.05, 4.69) is 29.1 Å². The fraction of sp³-hybridized carbons (Fsp3) is 0.625. The van der Waals surface area contributed by atoms with Crippen LogP contribution in [0.15, 0.2) is 18.2 Å². The fourth-order valence-corrected chi connectivity index (χ4v) is 3.02. The minimum Gasteiger partial charge on any atom is -0.366 e. The highest BCUT2D eigenvalue weighted by atomic mass is 19.1. The second kappa shape index (κ2) is 5.70. The Balaban J connectivity index is 1.79. The Morgan fingerprint density at radius 2 is 2.10 bits per heavy atom. The van der Waals surface area contributed by atoms with Crippen LogP contribution >= 0.6 is 0 Å². The molecule has 1 aliphatic carbocycles. The van der Waals surface area contributed by atoms with Gasteiger partial charge >= 0.3 is 0 Å². The van der Waals surface area contributed by atoms with Crippen molar-refractivity contribution in [3.8, 4) is 0 Å². The quantitative estimate of drug-likeness (QED) is 0.910. The van der Waals surface area contributed by atoms with Gasteiger partial charge in [-0.15, -0.1) is 0 Å². The average Bonchev–Trinajstić information content (AvgIpc) is 3.21. The standard InChI is InChI=1S/C16H24FN3/c1-12-11-19(2)7-8-20(12)16-6-3-14(17)9-13(16)10-18-15-4-5-15/h3,6,9,12,15,18H,4-5,7-8,10-11H2,1-2H3. The molecule has 0 bridgehead atoms. The Labute approximate surface area is 120 Å². The number of hydrogen-bond acceptors (Lipinski definition) is 3. The van der Waals surface area contributed by atoms with Crippen molar-refractivity contribution in [2.75, 3.05) is 31.6 Å². The number of nitrogens with zero attached hydrogens (tertiary/aromatic N) is 2. The highest BCUT2D eigenvalue weighted by Crippen LogP contribution is 2.27. The molecule has 4 heteroatoms. The lowest BCUT2D eigenvalue weighted by molar-refractivity contribution is 0.275. The van der Waals surface area contributed by atoms with Gasteiger partial charge in [-0.2, -0.15) is 0 Å². The number of halogens is 1. The summed E-state index contributed by atoms with van der Waals surface area (Å²) in [6.07, 6.45) is 2.52. The van der Waals surface area contributed by atoms with Gasteiger partial charge in [-0.25, -0.2) is 4.39 Å². The molecule has 1 atom stereocenters. The van der Waals surface area contributed by atoms with Crippen LogP contribution in [0.1, 0.15) is 25.3 Å². The van der Waals surface area contributed by atoms with E-state index >= 15 is 0 Å². The normalized spacial score (nSPS) is 24.1. The molecule has 110 valence electrons. The Bertz CT molecular complexity index is 473. The van der Waals surface area contributed by atoms with Gasteiger partial charge < -0.3 is 15.1 Å². The third-order valence-corrected chi connectivity index (χ3v) is 4.34. The number of hydrogen-bond donors (Lipinski definition) is 1. The number of likely N-dealkylation sites (N-methyl/N-ethyl adjacent to an activating group) is 1. The summed E-state index contributed by atoms with van der Waals surface area (Å²) in [5.41, 5.74) is 2.29.